The van der Waals surface area contributed by atoms with Crippen LogP contribution < -0.4 is 5.32 Å². The van der Waals surface area contributed by atoms with Gasteiger partial charge in [-0.25, -0.2) is 14.6 Å². The van der Waals surface area contributed by atoms with Crippen LogP contribution in [0.3, 0.4) is 0 Å². The molecule has 2 N–H and O–H groups in total. The van der Waals surface area contributed by atoms with Gasteiger partial charge in [0, 0.05) is 29.2 Å². The van der Waals surface area contributed by atoms with Crippen molar-refractivity contribution in [2.45, 2.75) is 41.0 Å². The van der Waals surface area contributed by atoms with Gasteiger partial charge in [-0.2, -0.15) is 5.10 Å². The topological polar surface area (TPSA) is 110 Å². The summed E-state index contributed by atoms with van der Waals surface area (Å²) in [5.41, 5.74) is 4.00. The van der Waals surface area contributed by atoms with Crippen molar-refractivity contribution < 1.29 is 14.7 Å². The summed E-state index contributed by atoms with van der Waals surface area (Å²) in [6.45, 7) is 9.12. The monoisotopic (exact) mass is 345 g/mol. The van der Waals surface area contributed by atoms with Crippen LogP contribution >= 0.6 is 0 Å². The molecule has 0 aliphatic heterocycles. The summed E-state index contributed by atoms with van der Waals surface area (Å²) in [5, 5.41) is 16.0. The van der Waals surface area contributed by atoms with Crippen molar-refractivity contribution in [3.63, 3.8) is 0 Å². The molecule has 2 rings (SSSR count). The lowest BCUT2D eigenvalue weighted by Gasteiger charge is -2.09. The molecule has 0 saturated carbocycles. The van der Waals surface area contributed by atoms with Gasteiger partial charge in [-0.15, -0.1) is 0 Å². The molecule has 0 aliphatic rings. The van der Waals surface area contributed by atoms with Crippen LogP contribution in [0.5, 0.6) is 0 Å². The van der Waals surface area contributed by atoms with Crippen LogP contribution in [-0.4, -0.2) is 43.3 Å². The van der Waals surface area contributed by atoms with Crippen molar-refractivity contribution in [3.05, 3.63) is 34.4 Å². The van der Waals surface area contributed by atoms with Gasteiger partial charge in [-0.1, -0.05) is 6.92 Å². The highest BCUT2D eigenvalue weighted by molar-refractivity contribution is 5.80. The van der Waals surface area contributed by atoms with E-state index >= 15 is 0 Å². The Bertz CT molecular complexity index is 793. The predicted octanol–water partition coefficient (Wildman–Crippen LogP) is 1.28. The van der Waals surface area contributed by atoms with E-state index in [1.54, 1.807) is 11.6 Å². The van der Waals surface area contributed by atoms with E-state index in [1.807, 2.05) is 33.8 Å². The third-order valence-corrected chi connectivity index (χ3v) is 3.97. The van der Waals surface area contributed by atoms with Crippen LogP contribution in [0.25, 0.3) is 5.95 Å². The van der Waals surface area contributed by atoms with E-state index in [1.165, 1.54) is 0 Å². The molecule has 1 atom stereocenters. The number of aryl methyl sites for hydroxylation is 3. The highest BCUT2D eigenvalue weighted by Gasteiger charge is 2.18. The number of carbonyl (C=O) groups is 2. The summed E-state index contributed by atoms with van der Waals surface area (Å²) in [7, 11) is 0. The molecule has 8 nitrogen and oxygen atoms in total. The highest BCUT2D eigenvalue weighted by Crippen LogP contribution is 2.17. The first-order valence-corrected chi connectivity index (χ1v) is 8.06. The second kappa shape index (κ2) is 7.42. The predicted molar refractivity (Wildman–Crippen MR) is 91.6 cm³/mol. The van der Waals surface area contributed by atoms with Crippen molar-refractivity contribution in [1.29, 1.82) is 0 Å². The number of hydrogen-bond acceptors (Lipinski definition) is 5. The quantitative estimate of drug-likeness (QED) is 0.816. The third kappa shape index (κ3) is 4.40. The molecule has 0 radical (unpaired) electrons. The number of nitrogens with one attached hydrogen (secondary N) is 1. The number of aromatic nitrogens is 4. The van der Waals surface area contributed by atoms with Gasteiger partial charge in [0.1, 0.15) is 0 Å². The van der Waals surface area contributed by atoms with E-state index in [0.717, 1.165) is 28.3 Å². The Morgan fingerprint density at radius 2 is 1.80 bits per heavy atom. The maximum Gasteiger partial charge on any atom is 0.308 e. The Labute approximate surface area is 146 Å². The van der Waals surface area contributed by atoms with Crippen molar-refractivity contribution in [2.24, 2.45) is 5.92 Å². The summed E-state index contributed by atoms with van der Waals surface area (Å²) in [5.74, 6) is -1.32. The van der Waals surface area contributed by atoms with Gasteiger partial charge in [0.25, 0.3) is 5.95 Å². The van der Waals surface area contributed by atoms with Crippen molar-refractivity contribution in [3.8, 4) is 5.95 Å². The molecule has 0 saturated heterocycles. The summed E-state index contributed by atoms with van der Waals surface area (Å²) >= 11 is 0. The third-order valence-electron chi connectivity index (χ3n) is 3.97. The average Bonchev–Trinajstić information content (AvgIpc) is 2.79. The zero-order chi connectivity index (χ0) is 18.7. The fraction of sp³-hybridized carbons (Fsp3) is 0.471. The zero-order valence-corrected chi connectivity index (χ0v) is 15.1. The van der Waals surface area contributed by atoms with Gasteiger partial charge in [-0.05, 0) is 33.8 Å². The summed E-state index contributed by atoms with van der Waals surface area (Å²) in [6, 6.07) is 1.88. The van der Waals surface area contributed by atoms with Gasteiger partial charge in [0.15, 0.2) is 0 Å². The number of amides is 1. The van der Waals surface area contributed by atoms with Gasteiger partial charge >= 0.3 is 5.97 Å². The Kier molecular flexibility index (Phi) is 5.51. The van der Waals surface area contributed by atoms with Crippen LogP contribution in [-0.2, 0) is 16.0 Å². The molecule has 134 valence electrons. The number of nitrogens with zero attached hydrogens (tertiary/aromatic N) is 4. The highest BCUT2D eigenvalue weighted by atomic mass is 16.4. The van der Waals surface area contributed by atoms with Gasteiger partial charge in [0.2, 0.25) is 5.91 Å². The number of carboxylic acid groups (broad SMARTS) is 1. The second-order valence-corrected chi connectivity index (χ2v) is 6.23. The minimum Gasteiger partial charge on any atom is -0.481 e. The minimum absolute atomic E-state index is 0.0978. The van der Waals surface area contributed by atoms with Crippen LogP contribution in [0.1, 0.15) is 35.3 Å². The van der Waals surface area contributed by atoms with Crippen LogP contribution in [0, 0.1) is 33.6 Å². The van der Waals surface area contributed by atoms with E-state index in [0.29, 0.717) is 5.95 Å². The first kappa shape index (κ1) is 18.6. The molecular formula is C17H23N5O3. The Balaban J connectivity index is 2.19. The number of aliphatic carboxylic acids is 1. The van der Waals surface area contributed by atoms with E-state index in [9.17, 15) is 9.59 Å². The van der Waals surface area contributed by atoms with Crippen LogP contribution in [0.4, 0.5) is 0 Å². The summed E-state index contributed by atoms with van der Waals surface area (Å²) < 4.78 is 1.64. The second-order valence-electron chi connectivity index (χ2n) is 6.23. The van der Waals surface area contributed by atoms with Crippen molar-refractivity contribution >= 4 is 11.9 Å². The first-order chi connectivity index (χ1) is 11.7. The average molecular weight is 345 g/mol. The maximum atomic E-state index is 12.1. The lowest BCUT2D eigenvalue weighted by atomic mass is 10.1. The minimum atomic E-state index is -0.938. The molecule has 0 aliphatic carbocycles. The molecule has 0 fully saturated rings. The zero-order valence-electron chi connectivity index (χ0n) is 15.1. The molecule has 25 heavy (non-hydrogen) atoms. The molecular weight excluding hydrogens is 322 g/mol. The number of carboxylic acids is 1. The Hall–Kier alpha value is -2.77. The van der Waals surface area contributed by atoms with E-state index in [-0.39, 0.29) is 18.9 Å². The fourth-order valence-corrected chi connectivity index (χ4v) is 2.50. The molecule has 1 amide bonds. The SMILES string of the molecule is Cc1cc(C)nc(-n2nc(C)c(CC(=O)NCC(C)C(=O)O)c2C)n1. The largest absolute Gasteiger partial charge is 0.481 e. The first-order valence-electron chi connectivity index (χ1n) is 8.06. The van der Waals surface area contributed by atoms with Crippen molar-refractivity contribution in [2.75, 3.05) is 6.54 Å². The molecule has 0 aromatic carbocycles. The van der Waals surface area contributed by atoms with E-state index in [2.05, 4.69) is 20.4 Å². The summed E-state index contributed by atoms with van der Waals surface area (Å²) in [4.78, 5) is 31.7. The van der Waals surface area contributed by atoms with Crippen molar-refractivity contribution in [1.82, 2.24) is 25.1 Å². The molecule has 8 heteroatoms. The number of hydrogen-bond donors (Lipinski definition) is 2. The Morgan fingerprint density at radius 1 is 1.20 bits per heavy atom. The summed E-state index contributed by atoms with van der Waals surface area (Å²) in [6.07, 6.45) is 0.134. The van der Waals surface area contributed by atoms with E-state index in [4.69, 9.17) is 5.11 Å². The lowest BCUT2D eigenvalue weighted by Crippen LogP contribution is -2.32. The Morgan fingerprint density at radius 3 is 2.36 bits per heavy atom. The van der Waals surface area contributed by atoms with Gasteiger partial charge in [0.05, 0.1) is 18.0 Å². The van der Waals surface area contributed by atoms with Crippen LogP contribution in [0.2, 0.25) is 0 Å². The number of rotatable bonds is 6. The maximum absolute atomic E-state index is 12.1. The molecule has 2 heterocycles. The van der Waals surface area contributed by atoms with Gasteiger partial charge in [-0.3, -0.25) is 9.59 Å². The van der Waals surface area contributed by atoms with E-state index < -0.39 is 11.9 Å². The molecule has 1 unspecified atom stereocenters. The standard InChI is InChI=1S/C17H23N5O3/c1-9(16(24)25)8-18-15(23)7-14-12(4)21-22(13(14)5)17-19-10(2)6-11(3)20-17/h6,9H,7-8H2,1-5H3,(H,18,23)(H,24,25). The van der Waals surface area contributed by atoms with Crippen LogP contribution in [0.15, 0.2) is 6.07 Å². The molecule has 2 aromatic rings. The van der Waals surface area contributed by atoms with Gasteiger partial charge < -0.3 is 10.4 Å². The normalized spacial score (nSPS) is 12.0. The number of carbonyl (C=O) groups excluding carboxylic acids is 1. The lowest BCUT2D eigenvalue weighted by molar-refractivity contribution is -0.141. The molecule has 0 bridgehead atoms. The molecule has 0 spiro atoms. The fourth-order valence-electron chi connectivity index (χ4n) is 2.50. The molecule has 2 aromatic heterocycles. The smallest absolute Gasteiger partial charge is 0.308 e.